The van der Waals surface area contributed by atoms with Crippen molar-refractivity contribution in [2.45, 2.75) is 25.5 Å². The number of ether oxygens (including phenoxy) is 1. The summed E-state index contributed by atoms with van der Waals surface area (Å²) >= 11 is 3.50. The zero-order valence-electron chi connectivity index (χ0n) is 10.9. The van der Waals surface area contributed by atoms with Gasteiger partial charge in [0, 0.05) is 24.2 Å². The highest BCUT2D eigenvalue weighted by Gasteiger charge is 2.14. The molecule has 2 aromatic carbocycles. The summed E-state index contributed by atoms with van der Waals surface area (Å²) < 4.78 is 6.74. The van der Waals surface area contributed by atoms with E-state index in [0.717, 1.165) is 24.2 Å². The van der Waals surface area contributed by atoms with Gasteiger partial charge in [-0.3, -0.25) is 0 Å². The lowest BCUT2D eigenvalue weighted by molar-refractivity contribution is 0.110. The first-order valence-electron chi connectivity index (χ1n) is 6.82. The minimum atomic E-state index is 0.413. The van der Waals surface area contributed by atoms with E-state index in [1.165, 1.54) is 29.2 Å². The Morgan fingerprint density at radius 3 is 2.84 bits per heavy atom. The van der Waals surface area contributed by atoms with Crippen LogP contribution in [0.2, 0.25) is 0 Å². The second kappa shape index (κ2) is 6.04. The molecule has 1 saturated heterocycles. The normalized spacial score (nSPS) is 19.1. The molecule has 19 heavy (non-hydrogen) atoms. The van der Waals surface area contributed by atoms with Gasteiger partial charge in [0.15, 0.2) is 0 Å². The SMILES string of the molecule is Brc1ccc2cc(CNCC3CCCO3)ccc2c1. The van der Waals surface area contributed by atoms with Crippen molar-refractivity contribution in [1.82, 2.24) is 5.32 Å². The predicted octanol–water partition coefficient (Wildman–Crippen LogP) is 3.87. The fourth-order valence-electron chi connectivity index (χ4n) is 2.56. The summed E-state index contributed by atoms with van der Waals surface area (Å²) in [6.45, 7) is 2.79. The molecule has 1 fully saturated rings. The van der Waals surface area contributed by atoms with Crippen LogP contribution in [0.5, 0.6) is 0 Å². The zero-order chi connectivity index (χ0) is 13.1. The Morgan fingerprint density at radius 1 is 1.16 bits per heavy atom. The van der Waals surface area contributed by atoms with Gasteiger partial charge in [-0.15, -0.1) is 0 Å². The Hall–Kier alpha value is -0.900. The number of halogens is 1. The van der Waals surface area contributed by atoms with Crippen LogP contribution in [0.3, 0.4) is 0 Å². The van der Waals surface area contributed by atoms with Gasteiger partial charge in [-0.1, -0.05) is 34.1 Å². The van der Waals surface area contributed by atoms with E-state index in [1.807, 2.05) is 0 Å². The van der Waals surface area contributed by atoms with E-state index < -0.39 is 0 Å². The molecule has 0 spiro atoms. The van der Waals surface area contributed by atoms with E-state index >= 15 is 0 Å². The summed E-state index contributed by atoms with van der Waals surface area (Å²) in [5.41, 5.74) is 1.33. The van der Waals surface area contributed by atoms with Gasteiger partial charge in [-0.25, -0.2) is 0 Å². The molecule has 1 unspecified atom stereocenters. The third-order valence-electron chi connectivity index (χ3n) is 3.59. The lowest BCUT2D eigenvalue weighted by Crippen LogP contribution is -2.25. The van der Waals surface area contributed by atoms with Gasteiger partial charge in [0.2, 0.25) is 0 Å². The highest BCUT2D eigenvalue weighted by Crippen LogP contribution is 2.21. The van der Waals surface area contributed by atoms with E-state index in [0.29, 0.717) is 6.10 Å². The highest BCUT2D eigenvalue weighted by molar-refractivity contribution is 9.10. The molecule has 0 saturated carbocycles. The van der Waals surface area contributed by atoms with E-state index in [4.69, 9.17) is 4.74 Å². The Balaban J connectivity index is 1.62. The first kappa shape index (κ1) is 13.1. The predicted molar refractivity (Wildman–Crippen MR) is 82.3 cm³/mol. The molecule has 1 aliphatic heterocycles. The van der Waals surface area contributed by atoms with Crippen LogP contribution in [-0.4, -0.2) is 19.3 Å². The Kier molecular flexibility index (Phi) is 4.16. The van der Waals surface area contributed by atoms with Crippen LogP contribution in [0.4, 0.5) is 0 Å². The van der Waals surface area contributed by atoms with E-state index in [1.54, 1.807) is 0 Å². The maximum Gasteiger partial charge on any atom is 0.0700 e. The van der Waals surface area contributed by atoms with Gasteiger partial charge in [0.05, 0.1) is 6.10 Å². The Labute approximate surface area is 122 Å². The summed E-state index contributed by atoms with van der Waals surface area (Å²) in [5.74, 6) is 0. The Bertz CT molecular complexity index is 564. The lowest BCUT2D eigenvalue weighted by Gasteiger charge is -2.11. The summed E-state index contributed by atoms with van der Waals surface area (Å²) in [4.78, 5) is 0. The van der Waals surface area contributed by atoms with Crippen LogP contribution in [0, 0.1) is 0 Å². The maximum absolute atomic E-state index is 5.61. The first-order valence-corrected chi connectivity index (χ1v) is 7.61. The van der Waals surface area contributed by atoms with Gasteiger partial charge in [0.25, 0.3) is 0 Å². The monoisotopic (exact) mass is 319 g/mol. The molecule has 2 nitrogen and oxygen atoms in total. The van der Waals surface area contributed by atoms with Crippen molar-refractivity contribution in [2.24, 2.45) is 0 Å². The van der Waals surface area contributed by atoms with Gasteiger partial charge < -0.3 is 10.1 Å². The number of hydrogen-bond donors (Lipinski definition) is 1. The molecule has 3 rings (SSSR count). The number of benzene rings is 2. The van der Waals surface area contributed by atoms with Gasteiger partial charge in [0.1, 0.15) is 0 Å². The number of nitrogens with one attached hydrogen (secondary N) is 1. The molecule has 0 aliphatic carbocycles. The molecule has 2 aromatic rings. The van der Waals surface area contributed by atoms with E-state index in [2.05, 4.69) is 57.6 Å². The molecule has 1 aliphatic rings. The molecule has 0 aromatic heterocycles. The topological polar surface area (TPSA) is 21.3 Å². The summed E-state index contributed by atoms with van der Waals surface area (Å²) in [5, 5.41) is 6.05. The van der Waals surface area contributed by atoms with Crippen LogP contribution < -0.4 is 5.32 Å². The second-order valence-corrected chi connectivity index (χ2v) is 6.01. The molecular formula is C16H18BrNO. The van der Waals surface area contributed by atoms with Gasteiger partial charge in [-0.2, -0.15) is 0 Å². The molecule has 1 atom stereocenters. The fraction of sp³-hybridized carbons (Fsp3) is 0.375. The lowest BCUT2D eigenvalue weighted by atomic mass is 10.1. The molecule has 0 bridgehead atoms. The summed E-state index contributed by atoms with van der Waals surface area (Å²) in [6.07, 6.45) is 2.81. The zero-order valence-corrected chi connectivity index (χ0v) is 12.4. The molecule has 1 heterocycles. The smallest absolute Gasteiger partial charge is 0.0700 e. The molecule has 100 valence electrons. The minimum absolute atomic E-state index is 0.413. The average Bonchev–Trinajstić information content (AvgIpc) is 2.92. The molecule has 3 heteroatoms. The third kappa shape index (κ3) is 3.35. The largest absolute Gasteiger partial charge is 0.377 e. The van der Waals surface area contributed by atoms with Crippen LogP contribution in [-0.2, 0) is 11.3 Å². The Morgan fingerprint density at radius 2 is 2.00 bits per heavy atom. The average molecular weight is 320 g/mol. The summed E-state index contributed by atoms with van der Waals surface area (Å²) in [6, 6.07) is 13.0. The molecular weight excluding hydrogens is 302 g/mol. The van der Waals surface area contributed by atoms with Gasteiger partial charge >= 0.3 is 0 Å². The first-order chi connectivity index (χ1) is 9.31. The van der Waals surface area contributed by atoms with Crippen LogP contribution in [0.25, 0.3) is 10.8 Å². The molecule has 1 N–H and O–H groups in total. The van der Waals surface area contributed by atoms with E-state index in [-0.39, 0.29) is 0 Å². The van der Waals surface area contributed by atoms with Crippen LogP contribution in [0.1, 0.15) is 18.4 Å². The van der Waals surface area contributed by atoms with E-state index in [9.17, 15) is 0 Å². The quantitative estimate of drug-likeness (QED) is 0.923. The molecule has 0 radical (unpaired) electrons. The number of hydrogen-bond acceptors (Lipinski definition) is 2. The van der Waals surface area contributed by atoms with Crippen molar-refractivity contribution >= 4 is 26.7 Å². The second-order valence-electron chi connectivity index (χ2n) is 5.09. The van der Waals surface area contributed by atoms with Crippen LogP contribution in [0.15, 0.2) is 40.9 Å². The summed E-state index contributed by atoms with van der Waals surface area (Å²) in [7, 11) is 0. The number of fused-ring (bicyclic) bond motifs is 1. The molecule has 0 amide bonds. The third-order valence-corrected chi connectivity index (χ3v) is 4.09. The highest BCUT2D eigenvalue weighted by atomic mass is 79.9. The number of rotatable bonds is 4. The van der Waals surface area contributed by atoms with Gasteiger partial charge in [-0.05, 0) is 47.4 Å². The van der Waals surface area contributed by atoms with Crippen LogP contribution >= 0.6 is 15.9 Å². The standard InChI is InChI=1S/C16H18BrNO/c17-15-6-5-13-8-12(3-4-14(13)9-15)10-18-11-16-2-1-7-19-16/h3-6,8-9,16,18H,1-2,7,10-11H2. The van der Waals surface area contributed by atoms with Crippen molar-refractivity contribution in [3.63, 3.8) is 0 Å². The van der Waals surface area contributed by atoms with Crippen molar-refractivity contribution in [1.29, 1.82) is 0 Å². The van der Waals surface area contributed by atoms with Crippen molar-refractivity contribution in [3.05, 3.63) is 46.4 Å². The van der Waals surface area contributed by atoms with Crippen molar-refractivity contribution in [2.75, 3.05) is 13.2 Å². The van der Waals surface area contributed by atoms with Crippen molar-refractivity contribution in [3.8, 4) is 0 Å². The fourth-order valence-corrected chi connectivity index (χ4v) is 2.94. The maximum atomic E-state index is 5.61. The van der Waals surface area contributed by atoms with Crippen molar-refractivity contribution < 1.29 is 4.74 Å². The minimum Gasteiger partial charge on any atom is -0.377 e.